The van der Waals surface area contributed by atoms with Crippen LogP contribution in [0.5, 0.6) is 5.75 Å². The van der Waals surface area contributed by atoms with Crippen LogP contribution in [0.4, 0.5) is 4.39 Å². The van der Waals surface area contributed by atoms with Gasteiger partial charge in [-0.25, -0.2) is 4.39 Å². The predicted octanol–water partition coefficient (Wildman–Crippen LogP) is 2.94. The van der Waals surface area contributed by atoms with E-state index in [2.05, 4.69) is 6.07 Å². The third-order valence-electron chi connectivity index (χ3n) is 2.45. The Kier molecular flexibility index (Phi) is 2.99. The largest absolute Gasteiger partial charge is 0.493 e. The number of halogens is 1. The summed E-state index contributed by atoms with van der Waals surface area (Å²) in [6, 6.07) is 5.53. The number of aryl methyl sites for hydroxylation is 1. The molecule has 1 rings (SSSR count). The zero-order valence-corrected chi connectivity index (χ0v) is 9.39. The van der Waals surface area contributed by atoms with Gasteiger partial charge in [0.15, 0.2) is 11.6 Å². The molecular weight excluding hydrogens is 193 g/mol. The number of benzene rings is 1. The number of ether oxygens (including phenoxy) is 1. The summed E-state index contributed by atoms with van der Waals surface area (Å²) in [5, 5.41) is 9.00. The van der Waals surface area contributed by atoms with E-state index in [0.29, 0.717) is 11.1 Å². The molecule has 1 aromatic rings. The van der Waals surface area contributed by atoms with Crippen molar-refractivity contribution in [2.45, 2.75) is 26.2 Å². The lowest BCUT2D eigenvalue weighted by Gasteiger charge is -2.20. The number of hydrogen-bond acceptors (Lipinski definition) is 2. The molecular formula is C12H14FNO. The summed E-state index contributed by atoms with van der Waals surface area (Å²) < 4.78 is 18.7. The van der Waals surface area contributed by atoms with Crippen molar-refractivity contribution >= 4 is 0 Å². The minimum Gasteiger partial charge on any atom is -0.493 e. The molecule has 0 aliphatic rings. The van der Waals surface area contributed by atoms with Gasteiger partial charge in [-0.1, -0.05) is 12.1 Å². The van der Waals surface area contributed by atoms with Crippen LogP contribution in [0.2, 0.25) is 0 Å². The average molecular weight is 207 g/mol. The Balaban J connectivity index is 3.45. The van der Waals surface area contributed by atoms with Gasteiger partial charge >= 0.3 is 0 Å². The molecule has 0 aliphatic heterocycles. The van der Waals surface area contributed by atoms with Gasteiger partial charge in [0.05, 0.1) is 18.6 Å². The second kappa shape index (κ2) is 3.90. The third-order valence-corrected chi connectivity index (χ3v) is 2.45. The Morgan fingerprint density at radius 2 is 2.00 bits per heavy atom. The molecule has 15 heavy (non-hydrogen) atoms. The minimum atomic E-state index is -0.750. The quantitative estimate of drug-likeness (QED) is 0.747. The van der Waals surface area contributed by atoms with Gasteiger partial charge in [-0.05, 0) is 26.3 Å². The molecule has 0 heterocycles. The van der Waals surface area contributed by atoms with Gasteiger partial charge in [-0.2, -0.15) is 5.26 Å². The second-order valence-corrected chi connectivity index (χ2v) is 4.01. The smallest absolute Gasteiger partial charge is 0.168 e. The van der Waals surface area contributed by atoms with Gasteiger partial charge in [-0.15, -0.1) is 0 Å². The minimum absolute atomic E-state index is 0.168. The Labute approximate surface area is 89.3 Å². The number of methoxy groups -OCH3 is 1. The summed E-state index contributed by atoms with van der Waals surface area (Å²) in [5.74, 6) is -0.222. The van der Waals surface area contributed by atoms with E-state index in [4.69, 9.17) is 10.00 Å². The average Bonchev–Trinajstić information content (AvgIpc) is 2.21. The Hall–Kier alpha value is -1.56. The van der Waals surface area contributed by atoms with Crippen molar-refractivity contribution in [3.63, 3.8) is 0 Å². The summed E-state index contributed by atoms with van der Waals surface area (Å²) in [6.07, 6.45) is 0. The van der Waals surface area contributed by atoms with Crippen molar-refractivity contribution in [3.05, 3.63) is 29.1 Å². The third kappa shape index (κ3) is 1.94. The van der Waals surface area contributed by atoms with Crippen LogP contribution in [0, 0.1) is 24.1 Å². The molecule has 1 aromatic carbocycles. The summed E-state index contributed by atoms with van der Waals surface area (Å²) in [4.78, 5) is 0. The fraction of sp³-hybridized carbons (Fsp3) is 0.417. The van der Waals surface area contributed by atoms with E-state index in [-0.39, 0.29) is 5.75 Å². The maximum Gasteiger partial charge on any atom is 0.168 e. The first-order valence-electron chi connectivity index (χ1n) is 4.69. The van der Waals surface area contributed by atoms with Crippen molar-refractivity contribution in [1.82, 2.24) is 0 Å². The first-order chi connectivity index (χ1) is 6.94. The Bertz CT molecular complexity index is 418. The molecule has 0 atom stereocenters. The predicted molar refractivity (Wildman–Crippen MR) is 56.3 cm³/mol. The normalized spacial score (nSPS) is 10.9. The van der Waals surface area contributed by atoms with E-state index in [1.54, 1.807) is 32.9 Å². The monoisotopic (exact) mass is 207 g/mol. The van der Waals surface area contributed by atoms with E-state index >= 15 is 0 Å². The molecule has 0 bridgehead atoms. The molecule has 2 nitrogen and oxygen atoms in total. The zero-order valence-electron chi connectivity index (χ0n) is 9.39. The second-order valence-electron chi connectivity index (χ2n) is 4.01. The van der Waals surface area contributed by atoms with Gasteiger partial charge in [0.25, 0.3) is 0 Å². The molecule has 0 unspecified atom stereocenters. The molecule has 0 saturated carbocycles. The first-order valence-corrected chi connectivity index (χ1v) is 4.69. The van der Waals surface area contributed by atoms with E-state index < -0.39 is 11.2 Å². The Morgan fingerprint density at radius 1 is 1.40 bits per heavy atom. The maximum absolute atomic E-state index is 13.7. The SMILES string of the molecule is COc1c(C(C)(C)C#N)ccc(C)c1F. The van der Waals surface area contributed by atoms with Crippen molar-refractivity contribution in [1.29, 1.82) is 5.26 Å². The highest BCUT2D eigenvalue weighted by Gasteiger charge is 2.26. The van der Waals surface area contributed by atoms with Crippen LogP contribution in [0.3, 0.4) is 0 Å². The molecule has 0 aromatic heterocycles. The van der Waals surface area contributed by atoms with Crippen molar-refractivity contribution in [2.24, 2.45) is 0 Å². The highest BCUT2D eigenvalue weighted by Crippen LogP contribution is 2.34. The number of rotatable bonds is 2. The van der Waals surface area contributed by atoms with Crippen molar-refractivity contribution < 1.29 is 9.13 Å². The van der Waals surface area contributed by atoms with Crippen LogP contribution in [0.15, 0.2) is 12.1 Å². The molecule has 0 aliphatic carbocycles. The summed E-state index contributed by atoms with van der Waals surface area (Å²) in [6.45, 7) is 5.14. The topological polar surface area (TPSA) is 33.0 Å². The maximum atomic E-state index is 13.7. The standard InChI is InChI=1S/C12H14FNO/c1-8-5-6-9(12(2,3)7-14)11(15-4)10(8)13/h5-6H,1-4H3. The highest BCUT2D eigenvalue weighted by atomic mass is 19.1. The molecule has 80 valence electrons. The highest BCUT2D eigenvalue weighted by molar-refractivity contribution is 5.45. The zero-order chi connectivity index (χ0) is 11.6. The van der Waals surface area contributed by atoms with Crippen molar-refractivity contribution in [2.75, 3.05) is 7.11 Å². The molecule has 0 radical (unpaired) electrons. The fourth-order valence-corrected chi connectivity index (χ4v) is 1.41. The molecule has 0 spiro atoms. The number of nitrogens with zero attached hydrogens (tertiary/aromatic N) is 1. The molecule has 3 heteroatoms. The van der Waals surface area contributed by atoms with Crippen molar-refractivity contribution in [3.8, 4) is 11.8 Å². The summed E-state index contributed by atoms with van der Waals surface area (Å²) in [7, 11) is 1.41. The van der Waals surface area contributed by atoms with Gasteiger partial charge in [0.1, 0.15) is 0 Å². The lowest BCUT2D eigenvalue weighted by Crippen LogP contribution is -2.16. The Morgan fingerprint density at radius 3 is 2.47 bits per heavy atom. The van der Waals surface area contributed by atoms with Gasteiger partial charge in [0.2, 0.25) is 0 Å². The summed E-state index contributed by atoms with van der Waals surface area (Å²) in [5.41, 5.74) is 0.347. The molecule has 0 amide bonds. The molecule has 0 N–H and O–H groups in total. The number of hydrogen-bond donors (Lipinski definition) is 0. The van der Waals surface area contributed by atoms with Crippen LogP contribution in [-0.4, -0.2) is 7.11 Å². The lowest BCUT2D eigenvalue weighted by atomic mass is 9.85. The van der Waals surface area contributed by atoms with Gasteiger partial charge in [-0.3, -0.25) is 0 Å². The lowest BCUT2D eigenvalue weighted by molar-refractivity contribution is 0.373. The number of nitriles is 1. The van der Waals surface area contributed by atoms with Crippen LogP contribution < -0.4 is 4.74 Å². The van der Waals surface area contributed by atoms with Crippen LogP contribution in [0.1, 0.15) is 25.0 Å². The summed E-state index contributed by atoms with van der Waals surface area (Å²) >= 11 is 0. The molecule has 0 saturated heterocycles. The fourth-order valence-electron chi connectivity index (χ4n) is 1.41. The van der Waals surface area contributed by atoms with Crippen LogP contribution in [-0.2, 0) is 5.41 Å². The van der Waals surface area contributed by atoms with Crippen LogP contribution in [0.25, 0.3) is 0 Å². The van der Waals surface area contributed by atoms with Gasteiger partial charge < -0.3 is 4.74 Å². The van der Waals surface area contributed by atoms with Gasteiger partial charge in [0, 0.05) is 5.56 Å². The van der Waals surface area contributed by atoms with E-state index in [1.807, 2.05) is 0 Å². The van der Waals surface area contributed by atoms with E-state index in [9.17, 15) is 4.39 Å². The first kappa shape index (κ1) is 11.5. The molecule has 0 fully saturated rings. The van der Waals surface area contributed by atoms with E-state index in [1.165, 1.54) is 7.11 Å². The van der Waals surface area contributed by atoms with Crippen LogP contribution >= 0.6 is 0 Å². The van der Waals surface area contributed by atoms with E-state index in [0.717, 1.165) is 0 Å².